The summed E-state index contributed by atoms with van der Waals surface area (Å²) in [6, 6.07) is -4.83. The zero-order valence-electron chi connectivity index (χ0n) is 26.6. The molecule has 0 aromatic heterocycles. The molecule has 18 heteroatoms. The predicted octanol–water partition coefficient (Wildman–Crippen LogP) is -3.48. The molecule has 0 aromatic carbocycles. The first-order chi connectivity index (χ1) is 22.2. The summed E-state index contributed by atoms with van der Waals surface area (Å²) in [6.07, 6.45) is 8.93. The summed E-state index contributed by atoms with van der Waals surface area (Å²) in [4.78, 5) is 101. The number of hydrogen-bond acceptors (Lipinski definition) is 11. The Kier molecular flexibility index (Phi) is 15.6. The smallest absolute Gasteiger partial charge is 0.254 e. The van der Waals surface area contributed by atoms with E-state index in [0.717, 1.165) is 11.8 Å². The van der Waals surface area contributed by atoms with E-state index in [-0.39, 0.29) is 11.1 Å². The SMILES string of the molecule is CNC(C)C(=O)NC1/C=C(\NC2C=CC=CC2)SC(C(=O)NC(C=O)CC(N)=O)NC(=O)CNC(=O)[C@H](C(C)C)NC(=O)CNC1=O. The van der Waals surface area contributed by atoms with E-state index in [1.165, 1.54) is 6.08 Å². The van der Waals surface area contributed by atoms with Crippen molar-refractivity contribution in [2.45, 2.75) is 69.2 Å². The zero-order chi connectivity index (χ0) is 35.1. The molecule has 0 aromatic rings. The second-order valence-corrected chi connectivity index (χ2v) is 12.2. The molecule has 0 saturated heterocycles. The molecule has 5 unspecified atom stereocenters. The first-order valence-corrected chi connectivity index (χ1v) is 15.8. The highest BCUT2D eigenvalue weighted by molar-refractivity contribution is 8.04. The molecule has 10 N–H and O–H groups in total. The number of amides is 7. The molecule has 0 bridgehead atoms. The second-order valence-electron chi connectivity index (χ2n) is 11.0. The molecule has 47 heavy (non-hydrogen) atoms. The number of carbonyl (C=O) groups is 8. The van der Waals surface area contributed by atoms with Crippen LogP contribution in [0.3, 0.4) is 0 Å². The van der Waals surface area contributed by atoms with Gasteiger partial charge >= 0.3 is 0 Å². The third kappa shape index (κ3) is 13.3. The van der Waals surface area contributed by atoms with E-state index >= 15 is 0 Å². The molecule has 1 aliphatic carbocycles. The van der Waals surface area contributed by atoms with Crippen LogP contribution < -0.4 is 48.3 Å². The van der Waals surface area contributed by atoms with Gasteiger partial charge in [-0.2, -0.15) is 0 Å². The Labute approximate surface area is 276 Å². The number of aldehydes is 1. The van der Waals surface area contributed by atoms with Crippen LogP contribution in [-0.4, -0.2) is 103 Å². The van der Waals surface area contributed by atoms with Crippen LogP contribution in [0.5, 0.6) is 0 Å². The minimum Gasteiger partial charge on any atom is -0.373 e. The molecule has 17 nitrogen and oxygen atoms in total. The summed E-state index contributed by atoms with van der Waals surface area (Å²) < 4.78 is 0. The Morgan fingerprint density at radius 3 is 2.26 bits per heavy atom. The summed E-state index contributed by atoms with van der Waals surface area (Å²) in [5.41, 5.74) is 5.19. The van der Waals surface area contributed by atoms with Gasteiger partial charge in [0.15, 0.2) is 5.37 Å². The van der Waals surface area contributed by atoms with Crippen LogP contribution >= 0.6 is 11.8 Å². The Bertz CT molecular complexity index is 1300. The van der Waals surface area contributed by atoms with Crippen molar-refractivity contribution in [1.82, 2.24) is 42.5 Å². The lowest BCUT2D eigenvalue weighted by molar-refractivity contribution is -0.132. The molecule has 0 fully saturated rings. The van der Waals surface area contributed by atoms with Crippen LogP contribution in [0.4, 0.5) is 0 Å². The minimum atomic E-state index is -1.49. The monoisotopic (exact) mass is 677 g/mol. The number of likely N-dealkylation sites (N-methyl/N-ethyl adjacent to an activating group) is 1. The van der Waals surface area contributed by atoms with Crippen molar-refractivity contribution >= 4 is 59.4 Å². The average Bonchev–Trinajstić information content (AvgIpc) is 3.02. The van der Waals surface area contributed by atoms with Crippen molar-refractivity contribution in [2.24, 2.45) is 11.7 Å². The fraction of sp³-hybridized carbons (Fsp3) is 0.517. The number of primary amides is 1. The van der Waals surface area contributed by atoms with Gasteiger partial charge in [0.05, 0.1) is 36.6 Å². The standard InChI is InChI=1S/C29H43N9O8S/c1-15(2)24-27(45)33-13-22(42)38-29(28(46)35-18(14-39)10-20(30)40)47-23(34-17-8-6-5-7-9-17)11-19(36-25(43)16(3)31-4)26(44)32-12-21(41)37-24/h5-8,11,14-19,24,29,31,34H,9-10,12-13H2,1-4H3,(H2,30,40)(H,32,44)(H,33,45)(H,35,46)(H,36,43)(H,37,41)(H,38,42)/b23-11+/t16?,17?,18?,19?,24-,29?/m0/s1. The van der Waals surface area contributed by atoms with E-state index in [2.05, 4.69) is 42.5 Å². The summed E-state index contributed by atoms with van der Waals surface area (Å²) in [7, 11) is 1.55. The topological polar surface area (TPSA) is 259 Å². The molecule has 0 radical (unpaired) electrons. The molecule has 258 valence electrons. The van der Waals surface area contributed by atoms with Gasteiger partial charge in [-0.1, -0.05) is 49.9 Å². The predicted molar refractivity (Wildman–Crippen MR) is 172 cm³/mol. The molecular formula is C29H43N9O8S. The average molecular weight is 678 g/mol. The number of nitrogens with two attached hydrogens (primary N) is 1. The number of allylic oxidation sites excluding steroid dienone is 2. The van der Waals surface area contributed by atoms with E-state index < -0.39 is 96.3 Å². The van der Waals surface area contributed by atoms with E-state index in [9.17, 15) is 38.4 Å². The van der Waals surface area contributed by atoms with Crippen molar-refractivity contribution in [3.8, 4) is 0 Å². The van der Waals surface area contributed by atoms with Gasteiger partial charge in [0.2, 0.25) is 35.4 Å². The quantitative estimate of drug-likeness (QED) is 0.0970. The largest absolute Gasteiger partial charge is 0.373 e. The number of hydrogen-bond donors (Lipinski definition) is 9. The molecule has 2 aliphatic rings. The molecule has 6 atom stereocenters. The van der Waals surface area contributed by atoms with Gasteiger partial charge in [-0.05, 0) is 32.4 Å². The maximum absolute atomic E-state index is 13.4. The highest BCUT2D eigenvalue weighted by Gasteiger charge is 2.31. The third-order valence-electron chi connectivity index (χ3n) is 6.83. The molecule has 1 heterocycles. The zero-order valence-corrected chi connectivity index (χ0v) is 27.4. The van der Waals surface area contributed by atoms with Crippen molar-refractivity contribution in [3.63, 3.8) is 0 Å². The Morgan fingerprint density at radius 2 is 1.68 bits per heavy atom. The van der Waals surface area contributed by atoms with Gasteiger partial charge in [-0.15, -0.1) is 0 Å². The third-order valence-corrected chi connectivity index (χ3v) is 7.91. The number of nitrogens with one attached hydrogen (secondary N) is 8. The maximum Gasteiger partial charge on any atom is 0.254 e. The van der Waals surface area contributed by atoms with Crippen molar-refractivity contribution in [3.05, 3.63) is 35.4 Å². The fourth-order valence-electron chi connectivity index (χ4n) is 4.13. The number of rotatable bonds is 11. The lowest BCUT2D eigenvalue weighted by atomic mass is 10.0. The van der Waals surface area contributed by atoms with Crippen LogP contribution in [0.25, 0.3) is 0 Å². The number of carbonyl (C=O) groups excluding carboxylic acids is 8. The molecule has 2 rings (SSSR count). The minimum absolute atomic E-state index is 0.144. The Balaban J connectivity index is 2.61. The van der Waals surface area contributed by atoms with Crippen LogP contribution in [0.2, 0.25) is 0 Å². The molecule has 0 spiro atoms. The highest BCUT2D eigenvalue weighted by atomic mass is 32.2. The first-order valence-electron chi connectivity index (χ1n) is 14.9. The van der Waals surface area contributed by atoms with Gasteiger partial charge in [0.1, 0.15) is 18.4 Å². The van der Waals surface area contributed by atoms with E-state index in [1.54, 1.807) is 33.9 Å². The van der Waals surface area contributed by atoms with Gasteiger partial charge in [0.25, 0.3) is 5.91 Å². The summed E-state index contributed by atoms with van der Waals surface area (Å²) in [6.45, 7) is 3.77. The van der Waals surface area contributed by atoms with Crippen LogP contribution in [0.1, 0.15) is 33.6 Å². The molecular weight excluding hydrogens is 634 g/mol. The van der Waals surface area contributed by atoms with Crippen molar-refractivity contribution in [1.29, 1.82) is 0 Å². The van der Waals surface area contributed by atoms with E-state index in [1.807, 2.05) is 18.2 Å². The fourth-order valence-corrected chi connectivity index (χ4v) is 5.18. The van der Waals surface area contributed by atoms with Crippen molar-refractivity contribution < 1.29 is 38.4 Å². The first kappa shape index (κ1) is 38.5. The number of thioether (sulfide) groups is 1. The highest BCUT2D eigenvalue weighted by Crippen LogP contribution is 2.22. The molecule has 0 saturated carbocycles. The summed E-state index contributed by atoms with van der Waals surface area (Å²) in [5, 5.41) is 19.5. The van der Waals surface area contributed by atoms with Crippen LogP contribution in [0, 0.1) is 5.92 Å². The van der Waals surface area contributed by atoms with Gasteiger partial charge in [-0.25, -0.2) is 0 Å². The summed E-state index contributed by atoms with van der Waals surface area (Å²) >= 11 is 0.733. The van der Waals surface area contributed by atoms with Gasteiger partial charge < -0.3 is 53.1 Å². The van der Waals surface area contributed by atoms with Gasteiger partial charge in [-0.3, -0.25) is 33.6 Å². The van der Waals surface area contributed by atoms with E-state index in [0.29, 0.717) is 12.7 Å². The van der Waals surface area contributed by atoms with Crippen molar-refractivity contribution in [2.75, 3.05) is 20.1 Å². The van der Waals surface area contributed by atoms with Crippen LogP contribution in [-0.2, 0) is 38.4 Å². The summed E-state index contributed by atoms with van der Waals surface area (Å²) in [5.74, 6) is -5.71. The Morgan fingerprint density at radius 1 is 1.02 bits per heavy atom. The molecule has 1 aliphatic heterocycles. The van der Waals surface area contributed by atoms with Gasteiger partial charge in [0, 0.05) is 6.04 Å². The normalized spacial score (nSPS) is 25.1. The Hall–Kier alpha value is -4.71. The maximum atomic E-state index is 13.4. The second kappa shape index (κ2) is 19.1. The lowest BCUT2D eigenvalue weighted by Gasteiger charge is -2.26. The van der Waals surface area contributed by atoms with Crippen LogP contribution in [0.15, 0.2) is 35.4 Å². The van der Waals surface area contributed by atoms with E-state index in [4.69, 9.17) is 5.73 Å². The lowest BCUT2D eigenvalue weighted by Crippen LogP contribution is -2.56. The molecule has 7 amide bonds.